The fourth-order valence-corrected chi connectivity index (χ4v) is 4.32. The van der Waals surface area contributed by atoms with Crippen LogP contribution in [0.1, 0.15) is 17.5 Å². The van der Waals surface area contributed by atoms with Crippen molar-refractivity contribution in [1.82, 2.24) is 15.1 Å². The molecule has 2 heterocycles. The second-order valence-electron chi connectivity index (χ2n) is 9.67. The van der Waals surface area contributed by atoms with E-state index >= 15 is 0 Å². The number of piperazine rings is 1. The van der Waals surface area contributed by atoms with Crippen LogP contribution in [0, 0.1) is 0 Å². The van der Waals surface area contributed by atoms with Crippen molar-refractivity contribution < 1.29 is 42.9 Å². The van der Waals surface area contributed by atoms with Crippen LogP contribution in [-0.2, 0) is 14.3 Å². The minimum atomic E-state index is -0.490. The Labute approximate surface area is 249 Å². The van der Waals surface area contributed by atoms with E-state index in [2.05, 4.69) is 5.32 Å². The van der Waals surface area contributed by atoms with Crippen LogP contribution in [0.5, 0.6) is 23.0 Å². The Morgan fingerprint density at radius 2 is 1.19 bits per heavy atom. The summed E-state index contributed by atoms with van der Waals surface area (Å²) in [6, 6.07) is 9.81. The van der Waals surface area contributed by atoms with Crippen molar-refractivity contribution in [3.63, 3.8) is 0 Å². The number of ether oxygens (including phenoxy) is 5. The van der Waals surface area contributed by atoms with E-state index in [1.165, 1.54) is 26.4 Å². The van der Waals surface area contributed by atoms with Crippen molar-refractivity contribution in [3.8, 4) is 23.0 Å². The van der Waals surface area contributed by atoms with Gasteiger partial charge in [-0.3, -0.25) is 9.59 Å². The molecule has 43 heavy (non-hydrogen) atoms. The van der Waals surface area contributed by atoms with E-state index in [-0.39, 0.29) is 29.5 Å². The first kappa shape index (κ1) is 31.3. The van der Waals surface area contributed by atoms with E-state index in [0.29, 0.717) is 75.1 Å². The van der Waals surface area contributed by atoms with Gasteiger partial charge in [-0.25, -0.2) is 9.59 Å². The van der Waals surface area contributed by atoms with Crippen molar-refractivity contribution in [1.29, 1.82) is 0 Å². The number of hydrogen-bond donors (Lipinski definition) is 1. The molecule has 0 aromatic heterocycles. The number of methoxy groups -OCH3 is 2. The molecule has 0 bridgehead atoms. The highest BCUT2D eigenvalue weighted by molar-refractivity contribution is 6.10. The number of allylic oxidation sites excluding steroid dienone is 2. The molecule has 0 atom stereocenters. The van der Waals surface area contributed by atoms with Crippen LogP contribution in [0.25, 0.3) is 12.2 Å². The molecule has 0 radical (unpaired) electrons. The second-order valence-corrected chi connectivity index (χ2v) is 9.67. The van der Waals surface area contributed by atoms with E-state index in [1.807, 2.05) is 0 Å². The molecule has 2 aliphatic rings. The van der Waals surface area contributed by atoms with Gasteiger partial charge in [0.2, 0.25) is 0 Å². The van der Waals surface area contributed by atoms with Crippen molar-refractivity contribution >= 4 is 35.9 Å². The summed E-state index contributed by atoms with van der Waals surface area (Å²) in [6.45, 7) is 4.36. The zero-order valence-corrected chi connectivity index (χ0v) is 24.2. The zero-order valence-electron chi connectivity index (χ0n) is 24.2. The van der Waals surface area contributed by atoms with Gasteiger partial charge in [0.25, 0.3) is 0 Å². The average Bonchev–Trinajstić information content (AvgIpc) is 3.04. The molecule has 2 saturated heterocycles. The number of carbonyl (C=O) groups excluding carboxylic acids is 4. The highest BCUT2D eigenvalue weighted by Crippen LogP contribution is 2.30. The Morgan fingerprint density at radius 1 is 0.721 bits per heavy atom. The van der Waals surface area contributed by atoms with Crippen molar-refractivity contribution in [2.24, 2.45) is 0 Å². The standard InChI is InChI=1S/C31H35N3O9/c1-39-28-19-22(5-9-26(28)42-30(37)33-13-11-32-12-14-33)3-7-24(35)21-25(36)8-4-23-6-10-27(29(20-23)40-2)43-31(38)34-15-17-41-18-16-34/h3-10,19-20,32H,11-18,21H2,1-2H3. The lowest BCUT2D eigenvalue weighted by atomic mass is 10.1. The molecule has 0 spiro atoms. The third-order valence-electron chi connectivity index (χ3n) is 6.69. The topological polar surface area (TPSA) is 133 Å². The lowest BCUT2D eigenvalue weighted by Crippen LogP contribution is -2.47. The maximum atomic E-state index is 12.4. The van der Waals surface area contributed by atoms with Gasteiger partial charge in [-0.05, 0) is 47.5 Å². The minimum Gasteiger partial charge on any atom is -0.493 e. The zero-order chi connectivity index (χ0) is 30.6. The number of carbonyl (C=O) groups is 4. The molecule has 228 valence electrons. The summed E-state index contributed by atoms with van der Waals surface area (Å²) >= 11 is 0. The van der Waals surface area contributed by atoms with E-state index in [0.717, 1.165) is 0 Å². The molecule has 2 fully saturated rings. The maximum absolute atomic E-state index is 12.4. The highest BCUT2D eigenvalue weighted by atomic mass is 16.6. The SMILES string of the molecule is COc1cc(C=CC(=O)CC(=O)C=Cc2ccc(OC(=O)N3CCOCC3)c(OC)c2)ccc1OC(=O)N1CCNCC1. The molecule has 12 nitrogen and oxygen atoms in total. The third-order valence-corrected chi connectivity index (χ3v) is 6.69. The van der Waals surface area contributed by atoms with Crippen LogP contribution in [0.4, 0.5) is 9.59 Å². The Balaban J connectivity index is 1.29. The summed E-state index contributed by atoms with van der Waals surface area (Å²) in [6.07, 6.45) is 4.48. The Hall–Kier alpha value is -4.68. The normalized spacial score (nSPS) is 15.4. The lowest BCUT2D eigenvalue weighted by molar-refractivity contribution is -0.121. The van der Waals surface area contributed by atoms with Crippen molar-refractivity contribution in [3.05, 3.63) is 59.7 Å². The van der Waals surface area contributed by atoms with E-state index < -0.39 is 12.2 Å². The number of nitrogens with zero attached hydrogens (tertiary/aromatic N) is 2. The van der Waals surface area contributed by atoms with Crippen LogP contribution in [0.15, 0.2) is 48.6 Å². The van der Waals surface area contributed by atoms with Crippen LogP contribution >= 0.6 is 0 Å². The van der Waals surface area contributed by atoms with E-state index in [1.54, 1.807) is 58.4 Å². The molecule has 2 aromatic rings. The van der Waals surface area contributed by atoms with Crippen LogP contribution in [0.2, 0.25) is 0 Å². The number of amides is 2. The van der Waals surface area contributed by atoms with Crippen LogP contribution in [0.3, 0.4) is 0 Å². The molecule has 12 heteroatoms. The summed E-state index contributed by atoms with van der Waals surface area (Å²) in [7, 11) is 2.91. The number of nitrogens with one attached hydrogen (secondary N) is 1. The average molecular weight is 594 g/mol. The van der Waals surface area contributed by atoms with Gasteiger partial charge in [-0.1, -0.05) is 24.3 Å². The van der Waals surface area contributed by atoms with Gasteiger partial charge in [0.15, 0.2) is 34.6 Å². The van der Waals surface area contributed by atoms with Crippen LogP contribution in [-0.4, -0.2) is 100 Å². The fraction of sp³-hybridized carbons (Fsp3) is 0.355. The lowest BCUT2D eigenvalue weighted by Gasteiger charge is -2.26. The summed E-state index contributed by atoms with van der Waals surface area (Å²) in [5.41, 5.74) is 1.26. The number of rotatable bonds is 10. The second kappa shape index (κ2) is 15.5. The minimum absolute atomic E-state index is 0.255. The van der Waals surface area contributed by atoms with Crippen molar-refractivity contribution in [2.45, 2.75) is 6.42 Å². The number of ketones is 2. The highest BCUT2D eigenvalue weighted by Gasteiger charge is 2.21. The van der Waals surface area contributed by atoms with Crippen molar-refractivity contribution in [2.75, 3.05) is 66.7 Å². The van der Waals surface area contributed by atoms with E-state index in [9.17, 15) is 19.2 Å². The third kappa shape index (κ3) is 9.15. The first-order chi connectivity index (χ1) is 20.9. The summed E-state index contributed by atoms with van der Waals surface area (Å²) < 4.78 is 26.9. The molecular formula is C31H35N3O9. The molecule has 0 aliphatic carbocycles. The summed E-state index contributed by atoms with van der Waals surface area (Å²) in [5, 5.41) is 3.18. The van der Waals surface area contributed by atoms with Crippen LogP contribution < -0.4 is 24.3 Å². The fourth-order valence-electron chi connectivity index (χ4n) is 4.32. The largest absolute Gasteiger partial charge is 0.493 e. The van der Waals surface area contributed by atoms with Gasteiger partial charge in [-0.2, -0.15) is 0 Å². The molecule has 1 N–H and O–H groups in total. The van der Waals surface area contributed by atoms with Gasteiger partial charge >= 0.3 is 12.2 Å². The van der Waals surface area contributed by atoms with Gasteiger partial charge in [0.1, 0.15) is 0 Å². The molecule has 2 aromatic carbocycles. The molecule has 0 unspecified atom stereocenters. The quantitative estimate of drug-likeness (QED) is 0.324. The Bertz CT molecular complexity index is 1270. The van der Waals surface area contributed by atoms with Gasteiger partial charge in [0.05, 0.1) is 33.9 Å². The van der Waals surface area contributed by atoms with Gasteiger partial charge < -0.3 is 38.8 Å². The number of hydrogen-bond acceptors (Lipinski definition) is 10. The Morgan fingerprint density at radius 3 is 1.65 bits per heavy atom. The van der Waals surface area contributed by atoms with Gasteiger partial charge in [0, 0.05) is 39.3 Å². The number of morpholine rings is 1. The number of benzene rings is 2. The summed E-state index contributed by atoms with van der Waals surface area (Å²) in [4.78, 5) is 52.8. The molecule has 2 aliphatic heterocycles. The monoisotopic (exact) mass is 593 g/mol. The molecule has 2 amide bonds. The summed E-state index contributed by atoms with van der Waals surface area (Å²) in [5.74, 6) is 0.430. The van der Waals surface area contributed by atoms with E-state index in [4.69, 9.17) is 23.7 Å². The molecule has 0 saturated carbocycles. The maximum Gasteiger partial charge on any atom is 0.415 e. The molecular weight excluding hydrogens is 558 g/mol. The molecule has 4 rings (SSSR count). The first-order valence-electron chi connectivity index (χ1n) is 13.9. The smallest absolute Gasteiger partial charge is 0.415 e. The Kier molecular flexibility index (Phi) is 11.3. The first-order valence-corrected chi connectivity index (χ1v) is 13.9. The predicted molar refractivity (Wildman–Crippen MR) is 158 cm³/mol. The predicted octanol–water partition coefficient (Wildman–Crippen LogP) is 3.19. The van der Waals surface area contributed by atoms with Gasteiger partial charge in [-0.15, -0.1) is 0 Å².